The first kappa shape index (κ1) is 29.4. The predicted molar refractivity (Wildman–Crippen MR) is 162 cm³/mol. The molecule has 4 aromatic rings. The highest BCUT2D eigenvalue weighted by Gasteiger charge is 2.38. The molecule has 5 rings (SSSR count). The van der Waals surface area contributed by atoms with Crippen molar-refractivity contribution in [1.29, 1.82) is 0 Å². The largest absolute Gasteiger partial charge is 0.459 e. The van der Waals surface area contributed by atoms with Crippen molar-refractivity contribution in [3.05, 3.63) is 123 Å². The van der Waals surface area contributed by atoms with Gasteiger partial charge in [0.1, 0.15) is 17.5 Å². The van der Waals surface area contributed by atoms with Crippen LogP contribution in [0.2, 0.25) is 0 Å². The minimum Gasteiger partial charge on any atom is -0.459 e. The molecule has 0 aliphatic carbocycles. The van der Waals surface area contributed by atoms with Gasteiger partial charge in [-0.3, -0.25) is 15.0 Å². The number of benzene rings is 3. The number of aromatic nitrogens is 1. The van der Waals surface area contributed by atoms with Crippen LogP contribution < -0.4 is 5.73 Å². The standard InChI is InChI=1S/C33H32N4O6/c1-20(2)42-32(38)27-21(3)35-31(34)29(28(27)24-15-10-16-25(17-24)37(40)41)33(39)43-26-18-36(19-26)30(22-11-6-4-7-12-22)23-13-8-5-9-14-23/h4-17,20,26,30H,18-19H2,1-3H3,(H2,34,35). The predicted octanol–water partition coefficient (Wildman–Crippen LogP) is 5.74. The van der Waals surface area contributed by atoms with Gasteiger partial charge in [0, 0.05) is 30.8 Å². The summed E-state index contributed by atoms with van der Waals surface area (Å²) in [5.41, 5.74) is 8.73. The maximum Gasteiger partial charge on any atom is 0.342 e. The topological polar surface area (TPSA) is 138 Å². The zero-order valence-electron chi connectivity index (χ0n) is 24.1. The van der Waals surface area contributed by atoms with E-state index in [0.717, 1.165) is 11.1 Å². The molecule has 1 fully saturated rings. The molecule has 10 nitrogen and oxygen atoms in total. The molecule has 3 aromatic carbocycles. The van der Waals surface area contributed by atoms with Crippen LogP contribution in [0.3, 0.4) is 0 Å². The molecule has 0 unspecified atom stereocenters. The van der Waals surface area contributed by atoms with Crippen molar-refractivity contribution in [2.24, 2.45) is 0 Å². The highest BCUT2D eigenvalue weighted by molar-refractivity contribution is 6.09. The number of carbonyl (C=O) groups is 2. The van der Waals surface area contributed by atoms with Crippen LogP contribution in [0.4, 0.5) is 11.5 Å². The van der Waals surface area contributed by atoms with Crippen molar-refractivity contribution >= 4 is 23.4 Å². The van der Waals surface area contributed by atoms with E-state index in [9.17, 15) is 19.7 Å². The maximum absolute atomic E-state index is 13.8. The number of nitrogens with zero attached hydrogens (tertiary/aromatic N) is 3. The zero-order valence-corrected chi connectivity index (χ0v) is 24.1. The second-order valence-corrected chi connectivity index (χ2v) is 10.7. The Balaban J connectivity index is 1.47. The van der Waals surface area contributed by atoms with Crippen LogP contribution in [0, 0.1) is 17.0 Å². The number of non-ortho nitro benzene ring substituents is 1. The van der Waals surface area contributed by atoms with Gasteiger partial charge in [0.15, 0.2) is 0 Å². The third-order valence-electron chi connectivity index (χ3n) is 7.25. The average Bonchev–Trinajstić information content (AvgIpc) is 2.96. The number of nitrogens with two attached hydrogens (primary N) is 1. The molecule has 0 amide bonds. The molecule has 220 valence electrons. The Labute approximate surface area is 249 Å². The molecule has 0 saturated carbocycles. The summed E-state index contributed by atoms with van der Waals surface area (Å²) in [5, 5.41) is 11.6. The summed E-state index contributed by atoms with van der Waals surface area (Å²) in [6.07, 6.45) is -0.909. The monoisotopic (exact) mass is 580 g/mol. The van der Waals surface area contributed by atoms with E-state index in [2.05, 4.69) is 34.1 Å². The quantitative estimate of drug-likeness (QED) is 0.149. The van der Waals surface area contributed by atoms with Gasteiger partial charge in [-0.1, -0.05) is 72.8 Å². The van der Waals surface area contributed by atoms with Gasteiger partial charge in [0.05, 0.1) is 28.3 Å². The van der Waals surface area contributed by atoms with Crippen LogP contribution in [0.25, 0.3) is 11.1 Å². The highest BCUT2D eigenvalue weighted by Crippen LogP contribution is 2.37. The molecule has 0 bridgehead atoms. The summed E-state index contributed by atoms with van der Waals surface area (Å²) in [6.45, 7) is 5.89. The second-order valence-electron chi connectivity index (χ2n) is 10.7. The Morgan fingerprint density at radius 2 is 1.53 bits per heavy atom. The SMILES string of the molecule is Cc1nc(N)c(C(=O)OC2CN(C(c3ccccc3)c3ccccc3)C2)c(-c2cccc([N+](=O)[O-])c2)c1C(=O)OC(C)C. The van der Waals surface area contributed by atoms with Crippen molar-refractivity contribution in [3.63, 3.8) is 0 Å². The van der Waals surface area contributed by atoms with Crippen LogP contribution in [0.15, 0.2) is 84.9 Å². The first-order valence-electron chi connectivity index (χ1n) is 13.9. The Hall–Kier alpha value is -5.09. The van der Waals surface area contributed by atoms with E-state index in [1.807, 2.05) is 36.4 Å². The summed E-state index contributed by atoms with van der Waals surface area (Å²) in [6, 6.07) is 25.8. The van der Waals surface area contributed by atoms with Gasteiger partial charge in [-0.2, -0.15) is 0 Å². The molecule has 1 aliphatic heterocycles. The second kappa shape index (κ2) is 12.4. The average molecular weight is 581 g/mol. The highest BCUT2D eigenvalue weighted by atomic mass is 16.6. The van der Waals surface area contributed by atoms with Crippen LogP contribution in [-0.2, 0) is 9.47 Å². The molecule has 0 spiro atoms. The van der Waals surface area contributed by atoms with E-state index >= 15 is 0 Å². The van der Waals surface area contributed by atoms with Crippen molar-refractivity contribution in [1.82, 2.24) is 9.88 Å². The van der Waals surface area contributed by atoms with E-state index in [1.165, 1.54) is 18.2 Å². The Morgan fingerprint density at radius 3 is 2.09 bits per heavy atom. The number of hydrogen-bond acceptors (Lipinski definition) is 9. The molecule has 43 heavy (non-hydrogen) atoms. The van der Waals surface area contributed by atoms with Crippen molar-refractivity contribution < 1.29 is 24.0 Å². The minimum atomic E-state index is -0.772. The first-order chi connectivity index (χ1) is 20.6. The van der Waals surface area contributed by atoms with Gasteiger partial charge in [-0.05, 0) is 37.5 Å². The van der Waals surface area contributed by atoms with E-state index in [4.69, 9.17) is 15.2 Å². The number of carbonyl (C=O) groups excluding carboxylic acids is 2. The summed E-state index contributed by atoms with van der Waals surface area (Å²) >= 11 is 0. The van der Waals surface area contributed by atoms with E-state index in [0.29, 0.717) is 13.1 Å². The summed E-state index contributed by atoms with van der Waals surface area (Å²) < 4.78 is 11.4. The zero-order chi connectivity index (χ0) is 30.7. The van der Waals surface area contributed by atoms with Crippen molar-refractivity contribution in [3.8, 4) is 11.1 Å². The van der Waals surface area contributed by atoms with Crippen LogP contribution in [0.5, 0.6) is 0 Å². The number of nitro groups is 1. The van der Waals surface area contributed by atoms with Crippen LogP contribution >= 0.6 is 0 Å². The molecule has 2 heterocycles. The number of aryl methyl sites for hydroxylation is 1. The first-order valence-corrected chi connectivity index (χ1v) is 13.9. The molecule has 0 atom stereocenters. The Kier molecular flexibility index (Phi) is 8.49. The van der Waals surface area contributed by atoms with Gasteiger partial charge in [0.2, 0.25) is 0 Å². The summed E-state index contributed by atoms with van der Waals surface area (Å²) in [4.78, 5) is 44.5. The molecule has 10 heteroatoms. The van der Waals surface area contributed by atoms with Crippen molar-refractivity contribution in [2.45, 2.75) is 39.0 Å². The third kappa shape index (κ3) is 6.24. The van der Waals surface area contributed by atoms with Gasteiger partial charge in [-0.25, -0.2) is 14.6 Å². The van der Waals surface area contributed by atoms with E-state index in [1.54, 1.807) is 26.8 Å². The molecule has 0 radical (unpaired) electrons. The lowest BCUT2D eigenvalue weighted by atomic mass is 9.92. The number of esters is 2. The van der Waals surface area contributed by atoms with Crippen molar-refractivity contribution in [2.75, 3.05) is 18.8 Å². The van der Waals surface area contributed by atoms with Crippen LogP contribution in [0.1, 0.15) is 57.4 Å². The summed E-state index contributed by atoms with van der Waals surface area (Å²) in [7, 11) is 0. The molecule has 2 N–H and O–H groups in total. The van der Waals surface area contributed by atoms with Gasteiger partial charge in [-0.15, -0.1) is 0 Å². The fourth-order valence-corrected chi connectivity index (χ4v) is 5.37. The third-order valence-corrected chi connectivity index (χ3v) is 7.25. The number of ether oxygens (including phenoxy) is 2. The van der Waals surface area contributed by atoms with Crippen LogP contribution in [-0.4, -0.2) is 52.0 Å². The molecule has 1 aromatic heterocycles. The number of nitro benzene ring substituents is 1. The van der Waals surface area contributed by atoms with Gasteiger partial charge in [0.25, 0.3) is 5.69 Å². The molecular formula is C33H32N4O6. The number of likely N-dealkylation sites (tertiary alicyclic amines) is 1. The number of nitrogen functional groups attached to an aromatic ring is 1. The number of rotatable bonds is 9. The van der Waals surface area contributed by atoms with E-state index < -0.39 is 29.1 Å². The lowest BCUT2D eigenvalue weighted by molar-refractivity contribution is -0.384. The smallest absolute Gasteiger partial charge is 0.342 e. The maximum atomic E-state index is 13.8. The normalized spacial score (nSPS) is 13.5. The minimum absolute atomic E-state index is 0.00111. The van der Waals surface area contributed by atoms with E-state index in [-0.39, 0.29) is 45.5 Å². The summed E-state index contributed by atoms with van der Waals surface area (Å²) in [5.74, 6) is -1.64. The fraction of sp³-hybridized carbons (Fsp3) is 0.242. The Bertz CT molecular complexity index is 1610. The lowest BCUT2D eigenvalue weighted by Gasteiger charge is -2.44. The molecule has 1 saturated heterocycles. The van der Waals surface area contributed by atoms with Gasteiger partial charge >= 0.3 is 11.9 Å². The number of pyridine rings is 1. The molecule has 1 aliphatic rings. The Morgan fingerprint density at radius 1 is 0.930 bits per heavy atom. The molecular weight excluding hydrogens is 548 g/mol. The lowest BCUT2D eigenvalue weighted by Crippen LogP contribution is -2.54. The number of hydrogen-bond donors (Lipinski definition) is 1. The van der Waals surface area contributed by atoms with Gasteiger partial charge < -0.3 is 15.2 Å². The fourth-order valence-electron chi connectivity index (χ4n) is 5.37. The number of anilines is 1.